The van der Waals surface area contributed by atoms with Crippen LogP contribution in [-0.4, -0.2) is 26.2 Å². The Hall–Kier alpha value is -2.35. The second-order valence-electron chi connectivity index (χ2n) is 4.47. The molecule has 8 heteroatoms. The molecule has 0 fully saturated rings. The number of hydrogen-bond donors (Lipinski definition) is 4. The first kappa shape index (κ1) is 15.0. The van der Waals surface area contributed by atoms with Crippen molar-refractivity contribution in [2.75, 3.05) is 11.5 Å². The van der Waals surface area contributed by atoms with E-state index >= 15 is 0 Å². The van der Waals surface area contributed by atoms with Gasteiger partial charge in [0.15, 0.2) is 0 Å². The maximum absolute atomic E-state index is 10.7. The molecule has 0 atom stereocenters. The third kappa shape index (κ3) is 3.82. The summed E-state index contributed by atoms with van der Waals surface area (Å²) < 4.78 is 0. The molecule has 2 heterocycles. The summed E-state index contributed by atoms with van der Waals surface area (Å²) in [5.74, 6) is -0.998. The van der Waals surface area contributed by atoms with Crippen LogP contribution in [0.5, 0.6) is 5.88 Å². The summed E-state index contributed by atoms with van der Waals surface area (Å²) >= 11 is 1.23. The highest BCUT2D eigenvalue weighted by Gasteiger charge is 2.11. The summed E-state index contributed by atoms with van der Waals surface area (Å²) in [5.41, 5.74) is 11.6. The average molecular weight is 307 g/mol. The zero-order valence-electron chi connectivity index (χ0n) is 11.2. The molecule has 1 radical (unpaired) electrons. The Labute approximate surface area is 125 Å². The van der Waals surface area contributed by atoms with Gasteiger partial charge in [-0.05, 0) is 31.7 Å². The highest BCUT2D eigenvalue weighted by atomic mass is 32.1. The van der Waals surface area contributed by atoms with Crippen LogP contribution in [0.4, 0.5) is 11.8 Å². The lowest BCUT2D eigenvalue weighted by atomic mass is 10.1. The quantitative estimate of drug-likeness (QED) is 0.593. The number of hydrogen-bond acceptors (Lipinski definition) is 7. The molecule has 0 spiro atoms. The summed E-state index contributed by atoms with van der Waals surface area (Å²) in [6.45, 7) is 0. The molecule has 0 aliphatic rings. The maximum Gasteiger partial charge on any atom is 0.346 e. The molecule has 0 saturated heterocycles. The van der Waals surface area contributed by atoms with E-state index in [-0.39, 0.29) is 22.5 Å². The van der Waals surface area contributed by atoms with Crippen LogP contribution in [0.25, 0.3) is 0 Å². The molecule has 0 aromatic carbocycles. The second-order valence-corrected chi connectivity index (χ2v) is 5.60. The highest BCUT2D eigenvalue weighted by Crippen LogP contribution is 2.23. The van der Waals surface area contributed by atoms with E-state index in [9.17, 15) is 9.90 Å². The van der Waals surface area contributed by atoms with Gasteiger partial charge in [-0.15, -0.1) is 11.3 Å². The molecule has 111 valence electrons. The minimum atomic E-state index is -0.956. The fourth-order valence-electron chi connectivity index (χ4n) is 1.91. The summed E-state index contributed by atoms with van der Waals surface area (Å²) in [7, 11) is 0. The van der Waals surface area contributed by atoms with Gasteiger partial charge in [0.05, 0.1) is 5.56 Å². The summed E-state index contributed by atoms with van der Waals surface area (Å²) in [5, 5.41) is 18.5. The molecule has 21 heavy (non-hydrogen) atoms. The van der Waals surface area contributed by atoms with Crippen LogP contribution >= 0.6 is 11.3 Å². The van der Waals surface area contributed by atoms with Gasteiger partial charge in [-0.1, -0.05) is 0 Å². The highest BCUT2D eigenvalue weighted by molar-refractivity contribution is 7.13. The summed E-state index contributed by atoms with van der Waals surface area (Å²) in [6.07, 6.45) is 2.89. The van der Waals surface area contributed by atoms with Gasteiger partial charge in [-0.25, -0.2) is 4.79 Å². The number of nitrogen functional groups attached to an aromatic ring is 2. The molecule has 7 nitrogen and oxygen atoms in total. The number of aromatic carboxylic acids is 1. The van der Waals surface area contributed by atoms with E-state index in [0.717, 1.165) is 24.1 Å². The van der Waals surface area contributed by atoms with Gasteiger partial charge in [0.2, 0.25) is 11.8 Å². The van der Waals surface area contributed by atoms with Gasteiger partial charge in [0.25, 0.3) is 0 Å². The molecular weight excluding hydrogens is 292 g/mol. The first-order chi connectivity index (χ1) is 9.97. The minimum Gasteiger partial charge on any atom is -0.493 e. The monoisotopic (exact) mass is 307 g/mol. The number of unbranched alkanes of at least 4 members (excludes halogenated alkanes) is 1. The number of nitrogens with zero attached hydrogens (tertiary/aromatic N) is 2. The van der Waals surface area contributed by atoms with Gasteiger partial charge in [-0.2, -0.15) is 9.97 Å². The predicted octanol–water partition coefficient (Wildman–Crippen LogP) is 1.47. The van der Waals surface area contributed by atoms with Gasteiger partial charge >= 0.3 is 5.97 Å². The second kappa shape index (κ2) is 6.40. The number of thiophene rings is 1. The number of carboxylic acid groups (broad SMARTS) is 1. The number of carboxylic acids is 1. The molecule has 2 rings (SSSR count). The van der Waals surface area contributed by atoms with Crippen LogP contribution in [0.3, 0.4) is 0 Å². The number of aromatic hydroxyl groups is 1. The summed E-state index contributed by atoms with van der Waals surface area (Å²) in [6, 6.07) is 4.41. The number of aryl methyl sites for hydroxylation is 1. The normalized spacial score (nSPS) is 10.7. The van der Waals surface area contributed by atoms with Crippen LogP contribution in [0.2, 0.25) is 0 Å². The molecule has 0 unspecified atom stereocenters. The third-order valence-corrected chi connectivity index (χ3v) is 4.01. The van der Waals surface area contributed by atoms with E-state index in [1.165, 1.54) is 11.3 Å². The zero-order valence-corrected chi connectivity index (χ0v) is 12.0. The molecule has 0 saturated carbocycles. The minimum absolute atomic E-state index is 0.0518. The van der Waals surface area contributed by atoms with Crippen LogP contribution in [0.15, 0.2) is 6.07 Å². The van der Waals surface area contributed by atoms with Crippen molar-refractivity contribution >= 4 is 29.1 Å². The molecule has 2 aromatic heterocycles. The van der Waals surface area contributed by atoms with Crippen molar-refractivity contribution < 1.29 is 15.0 Å². The fourth-order valence-corrected chi connectivity index (χ4v) is 2.74. The molecule has 6 N–H and O–H groups in total. The Kier molecular flexibility index (Phi) is 4.59. The molecular formula is C13H15N4O3S. The van der Waals surface area contributed by atoms with E-state index in [2.05, 4.69) is 16.0 Å². The van der Waals surface area contributed by atoms with E-state index < -0.39 is 5.97 Å². The SMILES string of the molecule is Nc1nc(N)c(CCCCc2c[c]c(C(=O)O)s2)c(O)n1. The number of carbonyl (C=O) groups is 1. The fraction of sp³-hybridized carbons (Fsp3) is 0.308. The van der Waals surface area contributed by atoms with Crippen LogP contribution in [0, 0.1) is 6.07 Å². The van der Waals surface area contributed by atoms with Gasteiger partial charge in [-0.3, -0.25) is 0 Å². The van der Waals surface area contributed by atoms with Crippen molar-refractivity contribution in [3.63, 3.8) is 0 Å². The van der Waals surface area contributed by atoms with Crippen molar-refractivity contribution in [3.8, 4) is 5.88 Å². The Morgan fingerprint density at radius 1 is 1.29 bits per heavy atom. The Balaban J connectivity index is 1.86. The van der Waals surface area contributed by atoms with E-state index in [1.54, 1.807) is 6.07 Å². The van der Waals surface area contributed by atoms with Crippen molar-refractivity contribution in [2.45, 2.75) is 25.7 Å². The number of anilines is 2. The Morgan fingerprint density at radius 3 is 2.62 bits per heavy atom. The van der Waals surface area contributed by atoms with Crippen LogP contribution in [0.1, 0.15) is 33.0 Å². The number of rotatable bonds is 6. The van der Waals surface area contributed by atoms with Crippen molar-refractivity contribution in [1.29, 1.82) is 0 Å². The standard InChI is InChI=1S/C13H15N4O3S/c14-10-8(11(18)17-13(15)16-10)4-2-1-3-7-5-6-9(21-7)12(19)20/h5H,1-4H2,(H,19,20)(H5,14,15,16,17,18). The van der Waals surface area contributed by atoms with Gasteiger partial charge in [0, 0.05) is 10.9 Å². The first-order valence-corrected chi connectivity index (χ1v) is 7.13. The lowest BCUT2D eigenvalue weighted by Crippen LogP contribution is -2.04. The zero-order chi connectivity index (χ0) is 15.4. The van der Waals surface area contributed by atoms with Crippen LogP contribution in [-0.2, 0) is 12.8 Å². The topological polar surface area (TPSA) is 135 Å². The lowest BCUT2D eigenvalue weighted by molar-refractivity contribution is 0.0702. The van der Waals surface area contributed by atoms with Crippen molar-refractivity contribution in [2.24, 2.45) is 0 Å². The Bertz CT molecular complexity index is 634. The van der Waals surface area contributed by atoms with Crippen molar-refractivity contribution in [3.05, 3.63) is 27.5 Å². The molecule has 0 aliphatic carbocycles. The number of aromatic nitrogens is 2. The summed E-state index contributed by atoms with van der Waals surface area (Å²) in [4.78, 5) is 19.4. The van der Waals surface area contributed by atoms with Gasteiger partial charge in [0.1, 0.15) is 10.7 Å². The van der Waals surface area contributed by atoms with Gasteiger partial charge < -0.3 is 21.7 Å². The molecule has 0 bridgehead atoms. The smallest absolute Gasteiger partial charge is 0.346 e. The van der Waals surface area contributed by atoms with Crippen molar-refractivity contribution in [1.82, 2.24) is 9.97 Å². The molecule has 0 aliphatic heterocycles. The van der Waals surface area contributed by atoms with E-state index in [0.29, 0.717) is 12.0 Å². The largest absolute Gasteiger partial charge is 0.493 e. The Morgan fingerprint density at radius 2 is 2.00 bits per heavy atom. The third-order valence-electron chi connectivity index (χ3n) is 2.93. The molecule has 2 aromatic rings. The lowest BCUT2D eigenvalue weighted by Gasteiger charge is -2.07. The van der Waals surface area contributed by atoms with E-state index in [1.807, 2.05) is 0 Å². The predicted molar refractivity (Wildman–Crippen MR) is 79.3 cm³/mol. The van der Waals surface area contributed by atoms with Crippen LogP contribution < -0.4 is 11.5 Å². The number of nitrogens with two attached hydrogens (primary N) is 2. The molecule has 0 amide bonds. The van der Waals surface area contributed by atoms with E-state index in [4.69, 9.17) is 16.6 Å². The first-order valence-electron chi connectivity index (χ1n) is 6.32. The maximum atomic E-state index is 10.7. The average Bonchev–Trinajstić information content (AvgIpc) is 2.85.